The molecule has 8 heteroatoms. The van der Waals surface area contributed by atoms with Crippen LogP contribution in [-0.4, -0.2) is 43.1 Å². The van der Waals surface area contributed by atoms with E-state index in [2.05, 4.69) is 43.3 Å². The molecule has 3 heterocycles. The van der Waals surface area contributed by atoms with Gasteiger partial charge in [-0.1, -0.05) is 19.6 Å². The Morgan fingerprint density at radius 2 is 2.06 bits per heavy atom. The van der Waals surface area contributed by atoms with E-state index in [-0.39, 0.29) is 16.6 Å². The Kier molecular flexibility index (Phi) is 7.13. The van der Waals surface area contributed by atoms with Crippen molar-refractivity contribution in [1.29, 1.82) is 5.26 Å². The highest BCUT2D eigenvalue weighted by molar-refractivity contribution is 7.17. The predicted molar refractivity (Wildman–Crippen MR) is 142 cm³/mol. The summed E-state index contributed by atoms with van der Waals surface area (Å²) in [7, 11) is 0. The number of anilines is 1. The molecule has 2 aliphatic heterocycles. The first-order valence-electron chi connectivity index (χ1n) is 11.8. The van der Waals surface area contributed by atoms with Gasteiger partial charge in [-0.15, -0.1) is 11.3 Å². The number of nitrogen functional groups attached to an aromatic ring is 1. The third kappa shape index (κ3) is 4.08. The Morgan fingerprint density at radius 3 is 2.66 bits per heavy atom. The molecule has 0 aromatic carbocycles. The molecule has 1 aromatic heterocycles. The van der Waals surface area contributed by atoms with Gasteiger partial charge < -0.3 is 16.2 Å². The number of likely N-dealkylation sites (tertiary alicyclic amines) is 1. The van der Waals surface area contributed by atoms with E-state index in [0.29, 0.717) is 41.2 Å². The summed E-state index contributed by atoms with van der Waals surface area (Å²) in [6.45, 7) is 14.5. The Morgan fingerprint density at radius 1 is 1.34 bits per heavy atom. The van der Waals surface area contributed by atoms with Crippen LogP contribution in [0.25, 0.3) is 11.4 Å². The maximum Gasteiger partial charge on any atom is 0.136 e. The molecule has 0 spiro atoms. The van der Waals surface area contributed by atoms with Crippen LogP contribution in [0.3, 0.4) is 0 Å². The third-order valence-corrected chi connectivity index (χ3v) is 8.58. The minimum Gasteiger partial charge on any atom is -0.390 e. The van der Waals surface area contributed by atoms with Gasteiger partial charge in [-0.3, -0.25) is 4.90 Å². The number of hydrogen-bond donors (Lipinski definition) is 2. The Bertz CT molecular complexity index is 1260. The molecule has 4 rings (SSSR count). The van der Waals surface area contributed by atoms with E-state index in [1.54, 1.807) is 6.92 Å². The number of aliphatic imine (C=N–C) groups is 1. The highest BCUT2D eigenvalue weighted by atomic mass is 32.1. The minimum absolute atomic E-state index is 0.0533. The van der Waals surface area contributed by atoms with E-state index in [0.717, 1.165) is 52.2 Å². The zero-order valence-electron chi connectivity index (χ0n) is 20.7. The summed E-state index contributed by atoms with van der Waals surface area (Å²) in [4.78, 5) is 7.11. The van der Waals surface area contributed by atoms with E-state index in [4.69, 9.17) is 16.2 Å². The number of ether oxygens (including phenoxy) is 1. The molecule has 1 aliphatic carbocycles. The number of halogens is 1. The quantitative estimate of drug-likeness (QED) is 0.435. The van der Waals surface area contributed by atoms with Crippen LogP contribution in [0.2, 0.25) is 0 Å². The van der Waals surface area contributed by atoms with Crippen LogP contribution in [0.5, 0.6) is 0 Å². The van der Waals surface area contributed by atoms with Crippen molar-refractivity contribution in [3.63, 3.8) is 0 Å². The number of allylic oxidation sites excluding steroid dienone is 2. The third-order valence-electron chi connectivity index (χ3n) is 7.55. The molecule has 0 saturated carbocycles. The summed E-state index contributed by atoms with van der Waals surface area (Å²) in [5.41, 5.74) is 18.2. The average molecular weight is 494 g/mol. The van der Waals surface area contributed by atoms with Crippen molar-refractivity contribution in [2.45, 2.75) is 46.2 Å². The van der Waals surface area contributed by atoms with Crippen LogP contribution in [-0.2, 0) is 4.74 Å². The van der Waals surface area contributed by atoms with Gasteiger partial charge >= 0.3 is 0 Å². The largest absolute Gasteiger partial charge is 0.390 e. The fourth-order valence-corrected chi connectivity index (χ4v) is 6.58. The molecule has 0 radical (unpaired) electrons. The van der Waals surface area contributed by atoms with Crippen molar-refractivity contribution in [1.82, 2.24) is 4.90 Å². The fourth-order valence-electron chi connectivity index (χ4n) is 5.56. The Hall–Kier alpha value is -2.99. The lowest BCUT2D eigenvalue weighted by Gasteiger charge is -2.39. The SMILES string of the molecule is C=C(C1=C(C)C(N2CCC(C)C2C)/C(=C\N=CN)C2=C1COC2)c1c(/C(F)=C\C)sc(N)c1C#N. The second-order valence-corrected chi connectivity index (χ2v) is 10.4. The molecule has 0 amide bonds. The van der Waals surface area contributed by atoms with Crippen molar-refractivity contribution in [3.05, 3.63) is 62.7 Å². The predicted octanol–water partition coefficient (Wildman–Crippen LogP) is 5.17. The van der Waals surface area contributed by atoms with E-state index >= 15 is 0 Å². The first-order chi connectivity index (χ1) is 16.8. The van der Waals surface area contributed by atoms with Gasteiger partial charge in [0.05, 0.1) is 36.0 Å². The number of nitrogens with zero attached hydrogens (tertiary/aromatic N) is 3. The van der Waals surface area contributed by atoms with Gasteiger partial charge in [-0.05, 0) is 73.1 Å². The molecule has 1 saturated heterocycles. The van der Waals surface area contributed by atoms with Gasteiger partial charge in [0.15, 0.2) is 0 Å². The molecule has 3 unspecified atom stereocenters. The van der Waals surface area contributed by atoms with Gasteiger partial charge in [-0.2, -0.15) is 5.26 Å². The molecule has 1 fully saturated rings. The van der Waals surface area contributed by atoms with Crippen LogP contribution in [0, 0.1) is 17.2 Å². The van der Waals surface area contributed by atoms with Gasteiger partial charge in [-0.25, -0.2) is 9.38 Å². The van der Waals surface area contributed by atoms with Crippen molar-refractivity contribution in [3.8, 4) is 6.07 Å². The first kappa shape index (κ1) is 25.1. The molecular formula is C27H32FN5OS. The number of thiophene rings is 1. The Labute approximate surface area is 210 Å². The lowest BCUT2D eigenvalue weighted by Crippen LogP contribution is -2.43. The van der Waals surface area contributed by atoms with Crippen molar-refractivity contribution in [2.24, 2.45) is 16.6 Å². The summed E-state index contributed by atoms with van der Waals surface area (Å²) < 4.78 is 20.9. The lowest BCUT2D eigenvalue weighted by molar-refractivity contribution is 0.202. The number of nitrogens with two attached hydrogens (primary N) is 2. The monoisotopic (exact) mass is 493 g/mol. The van der Waals surface area contributed by atoms with Crippen LogP contribution in [0.4, 0.5) is 9.39 Å². The van der Waals surface area contributed by atoms with Crippen molar-refractivity contribution >= 4 is 34.1 Å². The van der Waals surface area contributed by atoms with E-state index < -0.39 is 5.83 Å². The summed E-state index contributed by atoms with van der Waals surface area (Å²) >= 11 is 1.08. The van der Waals surface area contributed by atoms with E-state index in [1.807, 2.05) is 6.20 Å². The van der Waals surface area contributed by atoms with Crippen LogP contribution in [0.1, 0.15) is 50.1 Å². The first-order valence-corrected chi connectivity index (χ1v) is 12.6. The van der Waals surface area contributed by atoms with Crippen LogP contribution >= 0.6 is 11.3 Å². The standard InChI is InChI=1S/C27H32FN5OS/c1-6-22(28)26-24(18(9-29)27(31)35-26)15(3)23-16(4)25(33-8-7-14(2)17(33)5)19(10-32-13-30)20-11-34-12-21(20)23/h6,10,13-14,17,25H,3,7-8,11-12,31H2,1-2,4-5H3,(H2,30,32)/b19-10-,22-6+. The molecule has 1 aromatic rings. The van der Waals surface area contributed by atoms with Crippen LogP contribution in [0.15, 0.2) is 51.7 Å². The molecular weight excluding hydrogens is 461 g/mol. The molecule has 3 aliphatic rings. The fraction of sp³-hybridized carbons (Fsp3) is 0.407. The summed E-state index contributed by atoms with van der Waals surface area (Å²) in [5, 5.41) is 10.2. The highest BCUT2D eigenvalue weighted by Gasteiger charge is 2.42. The molecule has 6 nitrogen and oxygen atoms in total. The van der Waals surface area contributed by atoms with Gasteiger partial charge in [0, 0.05) is 17.8 Å². The maximum absolute atomic E-state index is 14.9. The number of hydrogen-bond acceptors (Lipinski definition) is 6. The topological polar surface area (TPSA) is 101 Å². The van der Waals surface area contributed by atoms with Crippen molar-refractivity contribution in [2.75, 3.05) is 25.5 Å². The van der Waals surface area contributed by atoms with Gasteiger partial charge in [0.1, 0.15) is 16.9 Å². The van der Waals surface area contributed by atoms with Crippen LogP contribution < -0.4 is 11.5 Å². The molecule has 0 bridgehead atoms. The molecule has 4 N–H and O–H groups in total. The summed E-state index contributed by atoms with van der Waals surface area (Å²) in [6, 6.07) is 2.49. The molecule has 184 valence electrons. The normalized spacial score (nSPS) is 26.8. The number of rotatable bonds is 5. The van der Waals surface area contributed by atoms with Crippen molar-refractivity contribution < 1.29 is 9.13 Å². The van der Waals surface area contributed by atoms with E-state index in [1.165, 1.54) is 12.4 Å². The minimum atomic E-state index is -0.415. The lowest BCUT2D eigenvalue weighted by atomic mass is 9.76. The maximum atomic E-state index is 14.9. The highest BCUT2D eigenvalue weighted by Crippen LogP contribution is 2.49. The van der Waals surface area contributed by atoms with E-state index in [9.17, 15) is 9.65 Å². The van der Waals surface area contributed by atoms with Gasteiger partial charge in [0.2, 0.25) is 0 Å². The summed E-state index contributed by atoms with van der Waals surface area (Å²) in [5.74, 6) is 0.142. The smallest absolute Gasteiger partial charge is 0.136 e. The zero-order valence-corrected chi connectivity index (χ0v) is 21.5. The van der Waals surface area contributed by atoms with Gasteiger partial charge in [0.25, 0.3) is 0 Å². The average Bonchev–Trinajstić information content (AvgIpc) is 3.54. The second-order valence-electron chi connectivity index (χ2n) is 9.31. The Balaban J connectivity index is 1.96. The number of nitriles is 1. The zero-order chi connectivity index (χ0) is 25.4. The molecule has 35 heavy (non-hydrogen) atoms. The molecule has 3 atom stereocenters. The summed E-state index contributed by atoms with van der Waals surface area (Å²) in [6.07, 6.45) is 5.62. The second kappa shape index (κ2) is 9.94.